The molecule has 28 heavy (non-hydrogen) atoms. The highest BCUT2D eigenvalue weighted by molar-refractivity contribution is 7.89. The summed E-state index contributed by atoms with van der Waals surface area (Å²) in [6, 6.07) is 13.4. The van der Waals surface area contributed by atoms with E-state index in [0.29, 0.717) is 24.1 Å². The van der Waals surface area contributed by atoms with E-state index in [0.717, 1.165) is 5.56 Å². The molecule has 7 nitrogen and oxygen atoms in total. The van der Waals surface area contributed by atoms with Crippen molar-refractivity contribution in [3.05, 3.63) is 59.7 Å². The van der Waals surface area contributed by atoms with Crippen LogP contribution in [0, 0.1) is 0 Å². The van der Waals surface area contributed by atoms with E-state index in [-0.39, 0.29) is 29.9 Å². The molecule has 1 amide bonds. The van der Waals surface area contributed by atoms with E-state index in [4.69, 9.17) is 4.74 Å². The summed E-state index contributed by atoms with van der Waals surface area (Å²) in [7, 11) is -3.66. The average molecular weight is 400 g/mol. The predicted octanol–water partition coefficient (Wildman–Crippen LogP) is 2.50. The summed E-state index contributed by atoms with van der Waals surface area (Å²) in [5, 5.41) is 2.61. The first kappa shape index (κ1) is 18.6. The number of benzene rings is 2. The summed E-state index contributed by atoms with van der Waals surface area (Å²) < 4.78 is 33.0. The number of piperidine rings is 1. The lowest BCUT2D eigenvalue weighted by atomic mass is 9.84. The summed E-state index contributed by atoms with van der Waals surface area (Å²) >= 11 is 0. The molecule has 0 saturated carbocycles. The van der Waals surface area contributed by atoms with Crippen molar-refractivity contribution >= 4 is 27.6 Å². The second-order valence-corrected chi connectivity index (χ2v) is 8.98. The van der Waals surface area contributed by atoms with Gasteiger partial charge in [-0.15, -0.1) is 0 Å². The summed E-state index contributed by atoms with van der Waals surface area (Å²) in [6.07, 6.45) is 0.831. The molecule has 0 aromatic heterocycles. The highest BCUT2D eigenvalue weighted by atomic mass is 32.2. The van der Waals surface area contributed by atoms with Crippen molar-refractivity contribution in [2.24, 2.45) is 0 Å². The minimum atomic E-state index is -3.66. The van der Waals surface area contributed by atoms with Gasteiger partial charge in [-0.1, -0.05) is 18.2 Å². The topological polar surface area (TPSA) is 92.8 Å². The molecule has 1 N–H and O–H groups in total. The summed E-state index contributed by atoms with van der Waals surface area (Å²) in [4.78, 5) is 23.4. The third-order valence-electron chi connectivity index (χ3n) is 5.27. The van der Waals surface area contributed by atoms with E-state index >= 15 is 0 Å². The van der Waals surface area contributed by atoms with Gasteiger partial charge >= 0.3 is 5.97 Å². The SMILES string of the molecule is CC(=O)Nc1ccc(S(=O)(=O)N2CCC3(CC2)OC(=O)c2ccccc23)cc1. The third kappa shape index (κ3) is 3.08. The van der Waals surface area contributed by atoms with Gasteiger partial charge in [-0.3, -0.25) is 4.79 Å². The molecule has 2 aliphatic heterocycles. The fourth-order valence-corrected chi connectivity index (χ4v) is 5.31. The number of hydrogen-bond donors (Lipinski definition) is 1. The zero-order chi connectivity index (χ0) is 19.9. The van der Waals surface area contributed by atoms with Crippen LogP contribution in [0.1, 0.15) is 35.7 Å². The van der Waals surface area contributed by atoms with Crippen LogP contribution in [-0.4, -0.2) is 37.7 Å². The molecule has 0 atom stereocenters. The molecular formula is C20H20N2O5S. The van der Waals surface area contributed by atoms with E-state index in [9.17, 15) is 18.0 Å². The number of esters is 1. The normalized spacial score (nSPS) is 18.5. The third-order valence-corrected chi connectivity index (χ3v) is 7.18. The zero-order valence-electron chi connectivity index (χ0n) is 15.3. The molecule has 4 rings (SSSR count). The van der Waals surface area contributed by atoms with Gasteiger partial charge in [0.2, 0.25) is 15.9 Å². The van der Waals surface area contributed by atoms with E-state index in [1.807, 2.05) is 12.1 Å². The van der Waals surface area contributed by atoms with E-state index in [2.05, 4.69) is 5.32 Å². The van der Waals surface area contributed by atoms with Gasteiger partial charge in [-0.2, -0.15) is 4.31 Å². The van der Waals surface area contributed by atoms with Crippen molar-refractivity contribution in [2.75, 3.05) is 18.4 Å². The Balaban J connectivity index is 1.52. The number of nitrogens with zero attached hydrogens (tertiary/aromatic N) is 1. The van der Waals surface area contributed by atoms with Crippen LogP contribution in [-0.2, 0) is 25.2 Å². The van der Waals surface area contributed by atoms with Crippen LogP contribution in [0.4, 0.5) is 5.69 Å². The number of sulfonamides is 1. The Kier molecular flexibility index (Phi) is 4.47. The highest BCUT2D eigenvalue weighted by Gasteiger charge is 2.48. The monoisotopic (exact) mass is 400 g/mol. The molecule has 0 bridgehead atoms. The molecule has 1 spiro atoms. The number of carbonyl (C=O) groups excluding carboxylic acids is 2. The van der Waals surface area contributed by atoms with E-state index < -0.39 is 15.6 Å². The quantitative estimate of drug-likeness (QED) is 0.799. The van der Waals surface area contributed by atoms with Crippen LogP contribution in [0.25, 0.3) is 0 Å². The maximum absolute atomic E-state index is 13.0. The van der Waals surface area contributed by atoms with Gasteiger partial charge in [0.15, 0.2) is 0 Å². The zero-order valence-corrected chi connectivity index (χ0v) is 16.2. The van der Waals surface area contributed by atoms with Crippen molar-refractivity contribution in [3.63, 3.8) is 0 Å². The van der Waals surface area contributed by atoms with Gasteiger partial charge in [-0.25, -0.2) is 13.2 Å². The lowest BCUT2D eigenvalue weighted by molar-refractivity contribution is -0.114. The van der Waals surface area contributed by atoms with Gasteiger partial charge in [-0.05, 0) is 30.3 Å². The molecule has 2 heterocycles. The number of anilines is 1. The van der Waals surface area contributed by atoms with Crippen molar-refractivity contribution < 1.29 is 22.7 Å². The molecule has 2 aliphatic rings. The Morgan fingerprint density at radius 1 is 1.07 bits per heavy atom. The van der Waals surface area contributed by atoms with Gasteiger partial charge < -0.3 is 10.1 Å². The van der Waals surface area contributed by atoms with Gasteiger partial charge in [0.1, 0.15) is 5.60 Å². The highest BCUT2D eigenvalue weighted by Crippen LogP contribution is 2.44. The largest absolute Gasteiger partial charge is 0.450 e. The summed E-state index contributed by atoms with van der Waals surface area (Å²) in [5.74, 6) is -0.566. The molecule has 1 fully saturated rings. The first-order valence-corrected chi connectivity index (χ1v) is 10.5. The number of nitrogens with one attached hydrogen (secondary N) is 1. The fourth-order valence-electron chi connectivity index (χ4n) is 3.87. The van der Waals surface area contributed by atoms with Crippen molar-refractivity contribution in [1.29, 1.82) is 0 Å². The first-order chi connectivity index (χ1) is 13.3. The summed E-state index contributed by atoms with van der Waals surface area (Å²) in [5.41, 5.74) is 1.21. The maximum Gasteiger partial charge on any atom is 0.339 e. The number of fused-ring (bicyclic) bond motifs is 2. The molecule has 1 saturated heterocycles. The van der Waals surface area contributed by atoms with E-state index in [1.54, 1.807) is 24.3 Å². The van der Waals surface area contributed by atoms with Crippen molar-refractivity contribution in [3.8, 4) is 0 Å². The maximum atomic E-state index is 13.0. The minimum Gasteiger partial charge on any atom is -0.450 e. The number of ether oxygens (including phenoxy) is 1. The second-order valence-electron chi connectivity index (χ2n) is 7.04. The van der Waals surface area contributed by atoms with Crippen LogP contribution in [0.2, 0.25) is 0 Å². The van der Waals surface area contributed by atoms with Gasteiger partial charge in [0, 0.05) is 44.1 Å². The Morgan fingerprint density at radius 2 is 1.71 bits per heavy atom. The van der Waals surface area contributed by atoms with Crippen molar-refractivity contribution in [2.45, 2.75) is 30.3 Å². The molecule has 0 unspecified atom stereocenters. The molecule has 0 aliphatic carbocycles. The minimum absolute atomic E-state index is 0.168. The molecule has 146 valence electrons. The van der Waals surface area contributed by atoms with Crippen LogP contribution in [0.3, 0.4) is 0 Å². The van der Waals surface area contributed by atoms with Crippen molar-refractivity contribution in [1.82, 2.24) is 4.31 Å². The molecule has 0 radical (unpaired) electrons. The van der Waals surface area contributed by atoms with Crippen LogP contribution < -0.4 is 5.32 Å². The molecule has 2 aromatic carbocycles. The van der Waals surface area contributed by atoms with Gasteiger partial charge in [0.25, 0.3) is 0 Å². The number of carbonyl (C=O) groups is 2. The molecular weight excluding hydrogens is 380 g/mol. The summed E-state index contributed by atoms with van der Waals surface area (Å²) in [6.45, 7) is 1.91. The first-order valence-electron chi connectivity index (χ1n) is 9.02. The van der Waals surface area contributed by atoms with E-state index in [1.165, 1.54) is 23.4 Å². The van der Waals surface area contributed by atoms with Crippen LogP contribution in [0.5, 0.6) is 0 Å². The predicted molar refractivity (Wildman–Crippen MR) is 102 cm³/mol. The standard InChI is InChI=1S/C20H20N2O5S/c1-14(23)21-15-6-8-16(9-7-15)28(25,26)22-12-10-20(11-13-22)18-5-3-2-4-17(18)19(24)27-20/h2-9H,10-13H2,1H3,(H,21,23). The van der Waals surface area contributed by atoms with Gasteiger partial charge in [0.05, 0.1) is 10.5 Å². The Labute approximate surface area is 163 Å². The van der Waals surface area contributed by atoms with Crippen LogP contribution >= 0.6 is 0 Å². The second kappa shape index (κ2) is 6.72. The Hall–Kier alpha value is -2.71. The fraction of sp³-hybridized carbons (Fsp3) is 0.300. The Bertz CT molecular complexity index is 1040. The molecule has 8 heteroatoms. The Morgan fingerprint density at radius 3 is 2.36 bits per heavy atom. The molecule has 2 aromatic rings. The smallest absolute Gasteiger partial charge is 0.339 e. The van der Waals surface area contributed by atoms with Crippen LogP contribution in [0.15, 0.2) is 53.4 Å². The lowest BCUT2D eigenvalue weighted by Gasteiger charge is -2.37. The number of amides is 1. The average Bonchev–Trinajstić information content (AvgIpc) is 2.94. The number of rotatable bonds is 3. The number of hydrogen-bond acceptors (Lipinski definition) is 5. The lowest BCUT2D eigenvalue weighted by Crippen LogP contribution is -2.45.